The molecule has 0 aliphatic heterocycles. The Morgan fingerprint density at radius 3 is 2.30 bits per heavy atom. The van der Waals surface area contributed by atoms with E-state index in [2.05, 4.69) is 128 Å². The number of benzene rings is 3. The molecule has 1 aromatic heterocycles. The van der Waals surface area contributed by atoms with Gasteiger partial charge in [0.25, 0.3) is 0 Å². The number of hydrogen-bond acceptors (Lipinski definition) is 2. The van der Waals surface area contributed by atoms with E-state index in [-0.39, 0.29) is 17.9 Å². The molecule has 0 bridgehead atoms. The van der Waals surface area contributed by atoms with Crippen molar-refractivity contribution in [2.45, 2.75) is 78.3 Å². The number of nitrogens with one attached hydrogen (secondary N) is 1. The number of aryl methyl sites for hydroxylation is 2. The smallest absolute Gasteiger partial charge is 0.220 e. The van der Waals surface area contributed by atoms with Crippen molar-refractivity contribution in [3.8, 4) is 0 Å². The number of rotatable bonds is 15. The van der Waals surface area contributed by atoms with Gasteiger partial charge in [-0.1, -0.05) is 92.2 Å². The third kappa shape index (κ3) is 8.32. The minimum Gasteiger partial charge on any atom is -0.354 e. The molecule has 212 valence electrons. The highest BCUT2D eigenvalue weighted by molar-refractivity contribution is 5.86. The van der Waals surface area contributed by atoms with Crippen molar-refractivity contribution in [3.63, 3.8) is 0 Å². The van der Waals surface area contributed by atoms with Gasteiger partial charge in [0.05, 0.1) is 0 Å². The summed E-state index contributed by atoms with van der Waals surface area (Å²) in [6, 6.07) is 28.3. The first-order valence-electron chi connectivity index (χ1n) is 15.2. The second kappa shape index (κ2) is 14.9. The number of nitrogens with zero attached hydrogens (tertiary/aromatic N) is 2. The summed E-state index contributed by atoms with van der Waals surface area (Å²) in [6.45, 7) is 12.8. The van der Waals surface area contributed by atoms with Crippen LogP contribution in [-0.4, -0.2) is 41.1 Å². The first-order chi connectivity index (χ1) is 19.5. The van der Waals surface area contributed by atoms with Gasteiger partial charge in [0.2, 0.25) is 5.91 Å². The number of aromatic nitrogens is 1. The molecular weight excluding hydrogens is 490 g/mol. The number of amides is 1. The van der Waals surface area contributed by atoms with Crippen molar-refractivity contribution >= 4 is 16.8 Å². The van der Waals surface area contributed by atoms with Crippen LogP contribution in [0.3, 0.4) is 0 Å². The number of fused-ring (bicyclic) bond motifs is 1. The van der Waals surface area contributed by atoms with Gasteiger partial charge in [-0.25, -0.2) is 0 Å². The van der Waals surface area contributed by atoms with Crippen LogP contribution >= 0.6 is 0 Å². The predicted molar refractivity (Wildman–Crippen MR) is 169 cm³/mol. The fourth-order valence-electron chi connectivity index (χ4n) is 5.77. The van der Waals surface area contributed by atoms with Crippen LogP contribution in [0.5, 0.6) is 0 Å². The van der Waals surface area contributed by atoms with Crippen molar-refractivity contribution in [2.75, 3.05) is 19.6 Å². The summed E-state index contributed by atoms with van der Waals surface area (Å²) in [5.74, 6) is 0.302. The molecule has 1 N–H and O–H groups in total. The lowest BCUT2D eigenvalue weighted by Gasteiger charge is -2.21. The Balaban J connectivity index is 1.52. The lowest BCUT2D eigenvalue weighted by Crippen LogP contribution is -2.34. The molecule has 1 amide bonds. The van der Waals surface area contributed by atoms with Crippen LogP contribution in [0.2, 0.25) is 0 Å². The largest absolute Gasteiger partial charge is 0.354 e. The van der Waals surface area contributed by atoms with E-state index in [9.17, 15) is 4.79 Å². The molecule has 4 nitrogen and oxygen atoms in total. The average molecular weight is 538 g/mol. The van der Waals surface area contributed by atoms with Gasteiger partial charge in [-0.2, -0.15) is 0 Å². The maximum absolute atomic E-state index is 13.4. The van der Waals surface area contributed by atoms with Gasteiger partial charge in [-0.15, -0.1) is 0 Å². The van der Waals surface area contributed by atoms with Crippen LogP contribution in [0.4, 0.5) is 0 Å². The standard InChI is InChI=1S/C36H47N3O/c1-5-38(6-2)24-12-13-29(4)37-36(40)25-32(23-22-30-14-8-7-9-15-30)34-27-39(35-17-11-10-16-33(34)35)26-31-20-18-28(3)19-21-31/h7-11,14-21,27,29,32H,5-6,12-13,22-26H2,1-4H3,(H,37,40)/t29-,32-/m1/s1. The number of carbonyl (C=O) groups excluding carboxylic acids is 1. The van der Waals surface area contributed by atoms with Crippen LogP contribution in [-0.2, 0) is 17.8 Å². The van der Waals surface area contributed by atoms with Gasteiger partial charge < -0.3 is 14.8 Å². The molecule has 40 heavy (non-hydrogen) atoms. The second-order valence-corrected chi connectivity index (χ2v) is 11.3. The van der Waals surface area contributed by atoms with Crippen LogP contribution < -0.4 is 5.32 Å². The van der Waals surface area contributed by atoms with E-state index in [1.165, 1.54) is 33.2 Å². The van der Waals surface area contributed by atoms with Gasteiger partial charge in [-0.05, 0) is 87.8 Å². The van der Waals surface area contributed by atoms with Gasteiger partial charge >= 0.3 is 0 Å². The Morgan fingerprint density at radius 2 is 1.57 bits per heavy atom. The molecule has 3 aromatic carbocycles. The van der Waals surface area contributed by atoms with Crippen molar-refractivity contribution in [2.24, 2.45) is 0 Å². The Hall–Kier alpha value is -3.37. The fraction of sp³-hybridized carbons (Fsp3) is 0.417. The van der Waals surface area contributed by atoms with Crippen LogP contribution in [0.1, 0.15) is 74.6 Å². The summed E-state index contributed by atoms with van der Waals surface area (Å²) in [5, 5.41) is 4.58. The minimum atomic E-state index is 0.146. The highest BCUT2D eigenvalue weighted by Gasteiger charge is 2.22. The van der Waals surface area contributed by atoms with Gasteiger partial charge in [0, 0.05) is 36.1 Å². The minimum absolute atomic E-state index is 0.146. The Bertz CT molecular complexity index is 1320. The van der Waals surface area contributed by atoms with Crippen LogP contribution in [0.15, 0.2) is 85.1 Å². The SMILES string of the molecule is CCN(CC)CCC[C@@H](C)NC(=O)C[C@@H](CCc1ccccc1)c1cn(Cc2ccc(C)cc2)c2ccccc12. The second-order valence-electron chi connectivity index (χ2n) is 11.3. The van der Waals surface area contributed by atoms with Crippen LogP contribution in [0, 0.1) is 6.92 Å². The number of carbonyl (C=O) groups is 1. The lowest BCUT2D eigenvalue weighted by molar-refractivity contribution is -0.122. The number of para-hydroxylation sites is 1. The summed E-state index contributed by atoms with van der Waals surface area (Å²) >= 11 is 0. The molecule has 0 aliphatic rings. The van der Waals surface area contributed by atoms with Gasteiger partial charge in [-0.3, -0.25) is 4.79 Å². The molecule has 4 rings (SSSR count). The quantitative estimate of drug-likeness (QED) is 0.168. The Kier molecular flexibility index (Phi) is 11.0. The third-order valence-electron chi connectivity index (χ3n) is 8.20. The Morgan fingerprint density at radius 1 is 0.875 bits per heavy atom. The summed E-state index contributed by atoms with van der Waals surface area (Å²) in [4.78, 5) is 15.8. The summed E-state index contributed by atoms with van der Waals surface area (Å²) in [7, 11) is 0. The molecule has 0 radical (unpaired) electrons. The summed E-state index contributed by atoms with van der Waals surface area (Å²) in [5.41, 5.74) is 6.39. The fourth-order valence-corrected chi connectivity index (χ4v) is 5.77. The molecular formula is C36H47N3O. The van der Waals surface area contributed by atoms with E-state index in [0.29, 0.717) is 6.42 Å². The predicted octanol–water partition coefficient (Wildman–Crippen LogP) is 7.73. The van der Waals surface area contributed by atoms with E-state index < -0.39 is 0 Å². The van der Waals surface area contributed by atoms with E-state index in [1.54, 1.807) is 0 Å². The summed E-state index contributed by atoms with van der Waals surface area (Å²) < 4.78 is 2.36. The van der Waals surface area contributed by atoms with Crippen molar-refractivity contribution in [1.82, 2.24) is 14.8 Å². The topological polar surface area (TPSA) is 37.3 Å². The molecule has 0 spiro atoms. The molecule has 0 fully saturated rings. The van der Waals surface area contributed by atoms with E-state index in [4.69, 9.17) is 0 Å². The molecule has 0 saturated heterocycles. The van der Waals surface area contributed by atoms with Crippen LogP contribution in [0.25, 0.3) is 10.9 Å². The number of hydrogen-bond donors (Lipinski definition) is 1. The van der Waals surface area contributed by atoms with E-state index >= 15 is 0 Å². The zero-order chi connectivity index (χ0) is 28.3. The third-order valence-corrected chi connectivity index (χ3v) is 8.20. The van der Waals surface area contributed by atoms with Crippen molar-refractivity contribution < 1.29 is 4.79 Å². The lowest BCUT2D eigenvalue weighted by atomic mass is 9.89. The van der Waals surface area contributed by atoms with Crippen molar-refractivity contribution in [1.29, 1.82) is 0 Å². The maximum atomic E-state index is 13.4. The summed E-state index contributed by atoms with van der Waals surface area (Å²) in [6.07, 6.45) is 6.81. The first-order valence-corrected chi connectivity index (χ1v) is 15.2. The molecule has 0 saturated carbocycles. The highest BCUT2D eigenvalue weighted by atomic mass is 16.1. The van der Waals surface area contributed by atoms with Gasteiger partial charge in [0.1, 0.15) is 0 Å². The van der Waals surface area contributed by atoms with Gasteiger partial charge in [0.15, 0.2) is 0 Å². The normalized spacial score (nSPS) is 13.0. The molecule has 4 aromatic rings. The Labute approximate surface area is 241 Å². The highest BCUT2D eigenvalue weighted by Crippen LogP contribution is 2.33. The van der Waals surface area contributed by atoms with Crippen molar-refractivity contribution in [3.05, 3.63) is 107 Å². The molecule has 2 atom stereocenters. The van der Waals surface area contributed by atoms with E-state index in [0.717, 1.165) is 51.9 Å². The molecule has 1 heterocycles. The average Bonchev–Trinajstić information content (AvgIpc) is 3.33. The maximum Gasteiger partial charge on any atom is 0.220 e. The van der Waals surface area contributed by atoms with E-state index in [1.807, 2.05) is 0 Å². The zero-order valence-electron chi connectivity index (χ0n) is 24.9. The molecule has 0 unspecified atom stereocenters. The monoisotopic (exact) mass is 537 g/mol. The molecule has 0 aliphatic carbocycles. The first kappa shape index (κ1) is 29.6. The zero-order valence-corrected chi connectivity index (χ0v) is 24.9. The molecule has 4 heteroatoms.